The van der Waals surface area contributed by atoms with Crippen molar-refractivity contribution in [2.75, 3.05) is 5.73 Å². The predicted octanol–water partition coefficient (Wildman–Crippen LogP) is 4.29. The molecule has 31 heavy (non-hydrogen) atoms. The molecule has 0 amide bonds. The van der Waals surface area contributed by atoms with Gasteiger partial charge in [0.15, 0.2) is 0 Å². The number of halogens is 1. The van der Waals surface area contributed by atoms with E-state index in [1.54, 1.807) is 29.2 Å². The molecule has 7 nitrogen and oxygen atoms in total. The number of pyridine rings is 1. The van der Waals surface area contributed by atoms with Crippen molar-refractivity contribution in [3.8, 4) is 22.4 Å². The number of fused-ring (bicyclic) bond motifs is 1. The summed E-state index contributed by atoms with van der Waals surface area (Å²) in [5, 5.41) is 5.14. The Balaban J connectivity index is 1.61. The van der Waals surface area contributed by atoms with E-state index in [2.05, 4.69) is 25.0 Å². The first-order valence-corrected chi connectivity index (χ1v) is 9.85. The van der Waals surface area contributed by atoms with E-state index < -0.39 is 0 Å². The van der Waals surface area contributed by atoms with E-state index in [0.29, 0.717) is 17.0 Å². The molecule has 1 unspecified atom stereocenters. The van der Waals surface area contributed by atoms with Crippen LogP contribution in [0.5, 0.6) is 0 Å². The van der Waals surface area contributed by atoms with E-state index in [-0.39, 0.29) is 17.7 Å². The van der Waals surface area contributed by atoms with Crippen molar-refractivity contribution in [1.29, 1.82) is 0 Å². The lowest BCUT2D eigenvalue weighted by Gasteiger charge is -2.14. The molecule has 4 aromatic heterocycles. The van der Waals surface area contributed by atoms with Crippen LogP contribution in [0.3, 0.4) is 0 Å². The van der Waals surface area contributed by atoms with Crippen molar-refractivity contribution >= 4 is 17.0 Å². The van der Waals surface area contributed by atoms with E-state index in [1.165, 1.54) is 6.07 Å². The van der Waals surface area contributed by atoms with Crippen LogP contribution in [0.2, 0.25) is 0 Å². The van der Waals surface area contributed by atoms with Crippen LogP contribution < -0.4 is 5.73 Å². The van der Waals surface area contributed by atoms with Gasteiger partial charge in [-0.25, -0.2) is 19.3 Å². The number of rotatable bonds is 4. The third kappa shape index (κ3) is 3.42. The predicted molar refractivity (Wildman–Crippen MR) is 118 cm³/mol. The van der Waals surface area contributed by atoms with Gasteiger partial charge < -0.3 is 10.7 Å². The third-order valence-electron chi connectivity index (χ3n) is 5.42. The molecule has 5 rings (SSSR count). The van der Waals surface area contributed by atoms with E-state index in [4.69, 9.17) is 5.73 Å². The molecule has 0 spiro atoms. The van der Waals surface area contributed by atoms with E-state index in [1.807, 2.05) is 44.6 Å². The Morgan fingerprint density at radius 3 is 2.71 bits per heavy atom. The number of nitrogen functional groups attached to an aromatic ring is 1. The molecule has 8 heteroatoms. The summed E-state index contributed by atoms with van der Waals surface area (Å²) in [5.41, 5.74) is 11.4. The molecule has 0 saturated carbocycles. The Morgan fingerprint density at radius 1 is 1.10 bits per heavy atom. The van der Waals surface area contributed by atoms with Gasteiger partial charge in [-0.3, -0.25) is 4.68 Å². The summed E-state index contributed by atoms with van der Waals surface area (Å²) in [6.07, 6.45) is 7.39. The van der Waals surface area contributed by atoms with Crippen LogP contribution in [0.4, 0.5) is 10.3 Å². The molecular formula is C23H20FN7. The highest BCUT2D eigenvalue weighted by molar-refractivity contribution is 5.95. The fourth-order valence-corrected chi connectivity index (χ4v) is 3.77. The maximum absolute atomic E-state index is 14.3. The number of H-pyrrole nitrogens is 1. The summed E-state index contributed by atoms with van der Waals surface area (Å²) in [5.74, 6) is -0.410. The molecule has 1 atom stereocenters. The molecule has 0 aliphatic rings. The Kier molecular flexibility index (Phi) is 4.47. The number of benzene rings is 1. The Bertz CT molecular complexity index is 1400. The van der Waals surface area contributed by atoms with Gasteiger partial charge >= 0.3 is 0 Å². The lowest BCUT2D eigenvalue weighted by atomic mass is 9.96. The monoisotopic (exact) mass is 413 g/mol. The second kappa shape index (κ2) is 7.32. The zero-order valence-electron chi connectivity index (χ0n) is 17.0. The van der Waals surface area contributed by atoms with Gasteiger partial charge in [0.1, 0.15) is 11.5 Å². The van der Waals surface area contributed by atoms with Crippen LogP contribution in [0.25, 0.3) is 33.4 Å². The van der Waals surface area contributed by atoms with Gasteiger partial charge in [0, 0.05) is 53.6 Å². The minimum atomic E-state index is -0.278. The Labute approximate surface area is 177 Å². The van der Waals surface area contributed by atoms with Crippen molar-refractivity contribution in [1.82, 2.24) is 29.7 Å². The second-order valence-electron chi connectivity index (χ2n) is 7.50. The quantitative estimate of drug-likeness (QED) is 0.458. The molecule has 154 valence electrons. The van der Waals surface area contributed by atoms with Crippen molar-refractivity contribution in [2.24, 2.45) is 7.05 Å². The number of hydrogen-bond acceptors (Lipinski definition) is 5. The Hall–Kier alpha value is -4.07. The van der Waals surface area contributed by atoms with Gasteiger partial charge in [-0.15, -0.1) is 0 Å². The number of aryl methyl sites for hydroxylation is 1. The zero-order chi connectivity index (χ0) is 21.5. The molecule has 0 radical (unpaired) electrons. The van der Waals surface area contributed by atoms with Gasteiger partial charge in [0.05, 0.1) is 17.6 Å². The van der Waals surface area contributed by atoms with Gasteiger partial charge in [-0.1, -0.05) is 25.1 Å². The average Bonchev–Trinajstić information content (AvgIpc) is 3.39. The largest absolute Gasteiger partial charge is 0.368 e. The minimum Gasteiger partial charge on any atom is -0.368 e. The van der Waals surface area contributed by atoms with Crippen molar-refractivity contribution in [3.63, 3.8) is 0 Å². The first kappa shape index (κ1) is 18.9. The highest BCUT2D eigenvalue weighted by atomic mass is 19.1. The van der Waals surface area contributed by atoms with Gasteiger partial charge in [0.25, 0.3) is 0 Å². The van der Waals surface area contributed by atoms with Crippen molar-refractivity contribution < 1.29 is 4.39 Å². The van der Waals surface area contributed by atoms with Crippen LogP contribution in [0, 0.1) is 5.82 Å². The van der Waals surface area contributed by atoms with Crippen LogP contribution >= 0.6 is 0 Å². The normalized spacial score (nSPS) is 12.4. The fourth-order valence-electron chi connectivity index (χ4n) is 3.77. The summed E-state index contributed by atoms with van der Waals surface area (Å²) >= 11 is 0. The van der Waals surface area contributed by atoms with Gasteiger partial charge in [0.2, 0.25) is 5.95 Å². The van der Waals surface area contributed by atoms with E-state index in [0.717, 1.165) is 27.7 Å². The molecule has 3 N–H and O–H groups in total. The molecule has 0 aliphatic carbocycles. The molecular weight excluding hydrogens is 393 g/mol. The highest BCUT2D eigenvalue weighted by Gasteiger charge is 2.18. The average molecular weight is 413 g/mol. The number of hydrogen-bond donors (Lipinski definition) is 2. The SMILES string of the molecule is CC(c1cc(-c2c[nH]c3ncc(-c4cnn(C)c4)cc23)nc(N)n1)c1ccccc1F. The van der Waals surface area contributed by atoms with E-state index >= 15 is 0 Å². The molecule has 0 fully saturated rings. The number of nitrogens with zero attached hydrogens (tertiary/aromatic N) is 5. The number of nitrogens with two attached hydrogens (primary N) is 1. The molecule has 0 bridgehead atoms. The van der Waals surface area contributed by atoms with Gasteiger partial charge in [-0.2, -0.15) is 5.10 Å². The van der Waals surface area contributed by atoms with Gasteiger partial charge in [-0.05, 0) is 23.8 Å². The lowest BCUT2D eigenvalue weighted by Crippen LogP contribution is -2.06. The molecule has 0 aliphatic heterocycles. The molecule has 0 saturated heterocycles. The minimum absolute atomic E-state index is 0.140. The third-order valence-corrected chi connectivity index (χ3v) is 5.42. The lowest BCUT2D eigenvalue weighted by molar-refractivity contribution is 0.601. The van der Waals surface area contributed by atoms with Crippen LogP contribution in [-0.2, 0) is 7.05 Å². The molecule has 5 aromatic rings. The smallest absolute Gasteiger partial charge is 0.220 e. The topological polar surface area (TPSA) is 98.3 Å². The van der Waals surface area contributed by atoms with E-state index in [9.17, 15) is 4.39 Å². The summed E-state index contributed by atoms with van der Waals surface area (Å²) < 4.78 is 16.1. The van der Waals surface area contributed by atoms with Crippen LogP contribution in [-0.4, -0.2) is 29.7 Å². The summed E-state index contributed by atoms with van der Waals surface area (Å²) in [4.78, 5) is 16.5. The second-order valence-corrected chi connectivity index (χ2v) is 7.50. The van der Waals surface area contributed by atoms with Crippen molar-refractivity contribution in [3.05, 3.63) is 78.3 Å². The Morgan fingerprint density at radius 2 is 1.94 bits per heavy atom. The van der Waals surface area contributed by atoms with Crippen LogP contribution in [0.15, 0.2) is 61.2 Å². The number of anilines is 1. The molecule has 4 heterocycles. The molecule has 1 aromatic carbocycles. The van der Waals surface area contributed by atoms with Crippen LogP contribution in [0.1, 0.15) is 24.1 Å². The highest BCUT2D eigenvalue weighted by Crippen LogP contribution is 2.33. The summed E-state index contributed by atoms with van der Waals surface area (Å²) in [6.45, 7) is 1.90. The fraction of sp³-hybridized carbons (Fsp3) is 0.130. The van der Waals surface area contributed by atoms with Crippen molar-refractivity contribution in [2.45, 2.75) is 12.8 Å². The first-order chi connectivity index (χ1) is 15.0. The summed E-state index contributed by atoms with van der Waals surface area (Å²) in [6, 6.07) is 10.6. The first-order valence-electron chi connectivity index (χ1n) is 9.85. The maximum Gasteiger partial charge on any atom is 0.220 e. The summed E-state index contributed by atoms with van der Waals surface area (Å²) in [7, 11) is 1.87. The number of aromatic amines is 1. The maximum atomic E-state index is 14.3. The standard InChI is InChI=1S/C23H20FN7/c1-13(16-5-3-4-6-19(16)24)20-8-21(30-23(25)29-20)18-11-27-22-17(18)7-14(9-26-22)15-10-28-31(2)12-15/h3-13H,1-2H3,(H,26,27)(H2,25,29,30). The number of aromatic nitrogens is 6. The number of nitrogens with one attached hydrogen (secondary N) is 1. The zero-order valence-corrected chi connectivity index (χ0v) is 17.0.